The number of ether oxygens (including phenoxy) is 1. The van der Waals surface area contributed by atoms with Crippen molar-refractivity contribution >= 4 is 13.8 Å². The van der Waals surface area contributed by atoms with Gasteiger partial charge in [-0.05, 0) is 6.92 Å². The van der Waals surface area contributed by atoms with Crippen LogP contribution in [0.1, 0.15) is 18.2 Å². The molecule has 0 spiro atoms. The molecule has 0 aromatic carbocycles. The molecule has 0 bridgehead atoms. The van der Waals surface area contributed by atoms with E-state index in [1.807, 2.05) is 0 Å². The fourth-order valence-electron chi connectivity index (χ4n) is 2.01. The van der Waals surface area contributed by atoms with Gasteiger partial charge in [0.25, 0.3) is 5.56 Å². The number of H-pyrrole nitrogens is 1. The van der Waals surface area contributed by atoms with Gasteiger partial charge in [-0.2, -0.15) is 0 Å². The smallest absolute Gasteiger partial charge is 0.469 e. The van der Waals surface area contributed by atoms with Gasteiger partial charge in [-0.1, -0.05) is 0 Å². The van der Waals surface area contributed by atoms with Crippen molar-refractivity contribution in [2.45, 2.75) is 31.8 Å². The first-order valence-electron chi connectivity index (χ1n) is 7.22. The average molecular weight is 397 g/mol. The third-order valence-electron chi connectivity index (χ3n) is 3.24. The van der Waals surface area contributed by atoms with E-state index in [2.05, 4.69) is 15.2 Å². The molecular formula is C12H20N3O10P. The number of nitrogens with zero attached hydrogens (tertiary/aromatic N) is 1. The lowest BCUT2D eigenvalue weighted by Crippen LogP contribution is -2.33. The van der Waals surface area contributed by atoms with Crippen LogP contribution < -0.4 is 17.0 Å². The van der Waals surface area contributed by atoms with Crippen molar-refractivity contribution in [3.63, 3.8) is 0 Å². The zero-order valence-corrected chi connectivity index (χ0v) is 14.5. The molecule has 0 unspecified atom stereocenters. The Kier molecular flexibility index (Phi) is 7.84. The number of hydrogen-bond donors (Lipinski definition) is 6. The second kappa shape index (κ2) is 9.19. The molecule has 0 saturated carbocycles. The number of nitrogens with one attached hydrogen (secondary N) is 1. The molecule has 3 atom stereocenters. The minimum absolute atomic E-state index is 0.0283. The number of hydrogen-bond acceptors (Lipinski definition) is 8. The van der Waals surface area contributed by atoms with E-state index in [9.17, 15) is 24.1 Å². The summed E-state index contributed by atoms with van der Waals surface area (Å²) in [5.41, 5.74) is 3.65. The Morgan fingerprint density at radius 3 is 2.58 bits per heavy atom. The SMILES string of the molecule is Cc1cn([C@H]2C[C@H](O)[C@@H](COP(=O)(O)O)O2)c(=O)[nH]c1=O.NCC(=O)O. The number of rotatable bonds is 5. The fraction of sp³-hybridized carbons (Fsp3) is 0.583. The Labute approximate surface area is 146 Å². The van der Waals surface area contributed by atoms with Gasteiger partial charge >= 0.3 is 19.5 Å². The number of aliphatic carboxylic acids is 1. The highest BCUT2D eigenvalue weighted by Crippen LogP contribution is 2.38. The molecule has 1 aromatic rings. The maximum Gasteiger partial charge on any atom is 0.469 e. The Bertz CT molecular complexity index is 784. The van der Waals surface area contributed by atoms with Gasteiger partial charge in [0.2, 0.25) is 0 Å². The summed E-state index contributed by atoms with van der Waals surface area (Å²) in [4.78, 5) is 51.6. The zero-order valence-electron chi connectivity index (χ0n) is 13.6. The second-order valence-corrected chi connectivity index (χ2v) is 6.53. The van der Waals surface area contributed by atoms with E-state index in [1.54, 1.807) is 0 Å². The first-order chi connectivity index (χ1) is 11.9. The lowest BCUT2D eigenvalue weighted by atomic mass is 10.2. The number of aliphatic hydroxyl groups is 1. The molecule has 1 aliphatic rings. The van der Waals surface area contributed by atoms with E-state index >= 15 is 0 Å². The molecule has 2 rings (SSSR count). The Balaban J connectivity index is 0.000000597. The highest BCUT2D eigenvalue weighted by atomic mass is 31.2. The van der Waals surface area contributed by atoms with Gasteiger partial charge in [0.1, 0.15) is 12.3 Å². The Morgan fingerprint density at radius 2 is 2.08 bits per heavy atom. The molecule has 13 nitrogen and oxygen atoms in total. The van der Waals surface area contributed by atoms with Crippen molar-refractivity contribution in [2.75, 3.05) is 13.2 Å². The summed E-state index contributed by atoms with van der Waals surface area (Å²) in [6, 6.07) is 0. The number of nitrogens with two attached hydrogens (primary N) is 1. The minimum Gasteiger partial charge on any atom is -0.480 e. The van der Waals surface area contributed by atoms with Gasteiger partial charge < -0.3 is 30.5 Å². The molecule has 148 valence electrons. The molecule has 1 aliphatic heterocycles. The number of aliphatic hydroxyl groups excluding tert-OH is 1. The van der Waals surface area contributed by atoms with Crippen LogP contribution in [0.2, 0.25) is 0 Å². The van der Waals surface area contributed by atoms with Crippen LogP contribution in [0.15, 0.2) is 15.8 Å². The lowest BCUT2D eigenvalue weighted by Gasteiger charge is -2.16. The third kappa shape index (κ3) is 6.80. The van der Waals surface area contributed by atoms with E-state index < -0.39 is 50.1 Å². The lowest BCUT2D eigenvalue weighted by molar-refractivity contribution is -0.135. The maximum atomic E-state index is 11.7. The van der Waals surface area contributed by atoms with Crippen LogP contribution in [0, 0.1) is 6.92 Å². The van der Waals surface area contributed by atoms with Crippen molar-refractivity contribution in [3.8, 4) is 0 Å². The molecule has 1 aromatic heterocycles. The summed E-state index contributed by atoms with van der Waals surface area (Å²) >= 11 is 0. The minimum atomic E-state index is -4.67. The molecule has 2 heterocycles. The first kappa shape index (κ1) is 22.2. The first-order valence-corrected chi connectivity index (χ1v) is 8.75. The third-order valence-corrected chi connectivity index (χ3v) is 3.73. The highest BCUT2D eigenvalue weighted by Gasteiger charge is 2.37. The molecule has 7 N–H and O–H groups in total. The summed E-state index contributed by atoms with van der Waals surface area (Å²) in [7, 11) is -4.67. The molecule has 14 heteroatoms. The van der Waals surface area contributed by atoms with Gasteiger partial charge in [0.05, 0.1) is 19.3 Å². The van der Waals surface area contributed by atoms with Gasteiger partial charge in [0.15, 0.2) is 0 Å². The average Bonchev–Trinajstić information content (AvgIpc) is 2.89. The zero-order chi connectivity index (χ0) is 20.1. The van der Waals surface area contributed by atoms with Crippen LogP contribution in [-0.2, 0) is 18.6 Å². The van der Waals surface area contributed by atoms with Crippen LogP contribution in [0.3, 0.4) is 0 Å². The van der Waals surface area contributed by atoms with Crippen LogP contribution in [0.25, 0.3) is 0 Å². The monoisotopic (exact) mass is 397 g/mol. The van der Waals surface area contributed by atoms with Gasteiger partial charge in [0, 0.05) is 18.2 Å². The topological polar surface area (TPSA) is 214 Å². The van der Waals surface area contributed by atoms with Gasteiger partial charge in [-0.25, -0.2) is 9.36 Å². The van der Waals surface area contributed by atoms with Gasteiger partial charge in [-0.3, -0.25) is 23.7 Å². The van der Waals surface area contributed by atoms with Crippen LogP contribution in [-0.4, -0.2) is 60.9 Å². The number of aromatic nitrogens is 2. The summed E-state index contributed by atoms with van der Waals surface area (Å²) in [5, 5.41) is 17.4. The Hall–Kier alpha value is -1.86. The van der Waals surface area contributed by atoms with E-state index in [-0.39, 0.29) is 13.0 Å². The molecule has 1 saturated heterocycles. The molecule has 0 amide bonds. The predicted octanol–water partition coefficient (Wildman–Crippen LogP) is -2.37. The van der Waals surface area contributed by atoms with Gasteiger partial charge in [-0.15, -0.1) is 0 Å². The quantitative estimate of drug-likeness (QED) is 0.289. The maximum absolute atomic E-state index is 11.7. The number of carboxylic acid groups (broad SMARTS) is 1. The molecule has 26 heavy (non-hydrogen) atoms. The summed E-state index contributed by atoms with van der Waals surface area (Å²) in [6.45, 7) is 0.716. The van der Waals surface area contributed by atoms with E-state index in [4.69, 9.17) is 19.6 Å². The predicted molar refractivity (Wildman–Crippen MR) is 85.3 cm³/mol. The largest absolute Gasteiger partial charge is 0.480 e. The number of phosphoric ester groups is 1. The van der Waals surface area contributed by atoms with E-state index in [0.717, 1.165) is 4.57 Å². The van der Waals surface area contributed by atoms with Crippen molar-refractivity contribution in [1.82, 2.24) is 9.55 Å². The van der Waals surface area contributed by atoms with Crippen LogP contribution in [0.5, 0.6) is 0 Å². The standard InChI is InChI=1S/C10H15N2O8P.C2H5NO2/c1-5-3-12(10(15)11-9(5)14)8-2-6(13)7(20-8)4-19-21(16,17)18;3-1-2(4)5/h3,6-8,13H,2,4H2,1H3,(H,11,14,15)(H2,16,17,18);1,3H2,(H,4,5)/t6-,7+,8+;/m0./s1. The highest BCUT2D eigenvalue weighted by molar-refractivity contribution is 7.46. The summed E-state index contributed by atoms with van der Waals surface area (Å²) < 4.78 is 21.4. The number of aromatic amines is 1. The van der Waals surface area contributed by atoms with Crippen molar-refractivity contribution < 1.29 is 38.6 Å². The molecule has 1 fully saturated rings. The van der Waals surface area contributed by atoms with E-state index in [0.29, 0.717) is 5.56 Å². The molecular weight excluding hydrogens is 377 g/mol. The molecule has 0 aliphatic carbocycles. The van der Waals surface area contributed by atoms with Crippen LogP contribution >= 0.6 is 7.82 Å². The van der Waals surface area contributed by atoms with Crippen molar-refractivity contribution in [2.24, 2.45) is 5.73 Å². The van der Waals surface area contributed by atoms with Crippen molar-refractivity contribution in [3.05, 3.63) is 32.6 Å². The number of carbonyl (C=O) groups is 1. The van der Waals surface area contributed by atoms with E-state index in [1.165, 1.54) is 13.1 Å². The summed E-state index contributed by atoms with van der Waals surface area (Å²) in [6.07, 6.45) is -1.57. The van der Waals surface area contributed by atoms with Crippen molar-refractivity contribution in [1.29, 1.82) is 0 Å². The Morgan fingerprint density at radius 1 is 1.50 bits per heavy atom. The summed E-state index contributed by atoms with van der Waals surface area (Å²) in [5.74, 6) is -0.968. The number of aryl methyl sites for hydroxylation is 1. The normalized spacial score (nSPS) is 22.6. The number of carboxylic acids is 1. The van der Waals surface area contributed by atoms with Crippen LogP contribution in [0.4, 0.5) is 0 Å². The number of phosphoric acid groups is 1. The second-order valence-electron chi connectivity index (χ2n) is 5.30. The molecule has 0 radical (unpaired) electrons. The fourth-order valence-corrected chi connectivity index (χ4v) is 2.35.